The van der Waals surface area contributed by atoms with E-state index in [4.69, 9.17) is 11.6 Å². The van der Waals surface area contributed by atoms with E-state index in [-0.39, 0.29) is 10.7 Å². The smallest absolute Gasteiger partial charge is 0.354 e. The summed E-state index contributed by atoms with van der Waals surface area (Å²) in [6.07, 6.45) is 0. The Labute approximate surface area is 149 Å². The van der Waals surface area contributed by atoms with E-state index in [0.29, 0.717) is 23.7 Å². The Balaban J connectivity index is 2.33. The van der Waals surface area contributed by atoms with Gasteiger partial charge in [0, 0.05) is 23.2 Å². The summed E-state index contributed by atoms with van der Waals surface area (Å²) < 4.78 is 15.9. The summed E-state index contributed by atoms with van der Waals surface area (Å²) in [5.74, 6) is -1.21. The highest BCUT2D eigenvalue weighted by Crippen LogP contribution is 2.35. The van der Waals surface area contributed by atoms with Gasteiger partial charge in [0.25, 0.3) is 0 Å². The Bertz CT molecular complexity index is 979. The van der Waals surface area contributed by atoms with Gasteiger partial charge in [-0.05, 0) is 42.7 Å². The van der Waals surface area contributed by atoms with Crippen LogP contribution in [0.15, 0.2) is 30.3 Å². The minimum atomic E-state index is -1.07. The number of aromatic carboxylic acids is 1. The molecular formula is C19H18ClFN2O2. The summed E-state index contributed by atoms with van der Waals surface area (Å²) >= 11 is 5.80. The van der Waals surface area contributed by atoms with Crippen molar-refractivity contribution in [3.05, 3.63) is 52.6 Å². The van der Waals surface area contributed by atoms with Gasteiger partial charge in [0.2, 0.25) is 0 Å². The summed E-state index contributed by atoms with van der Waals surface area (Å²) in [5, 5.41) is 10.1. The van der Waals surface area contributed by atoms with Gasteiger partial charge < -0.3 is 9.67 Å². The van der Waals surface area contributed by atoms with Gasteiger partial charge in [-0.1, -0.05) is 31.5 Å². The van der Waals surface area contributed by atoms with Crippen LogP contribution in [0.1, 0.15) is 30.0 Å². The standard InChI is InChI=1S/C19H18ClFN2O2/c1-10(2)9-23-11(3)17(12-4-6-14(20)15(21)8-12)13-5-7-16(19(24)25)22-18(13)23/h4-8,10H,9H2,1-3H3,(H,24,25). The third-order valence-corrected chi connectivity index (χ3v) is 4.45. The maximum Gasteiger partial charge on any atom is 0.354 e. The number of pyridine rings is 1. The van der Waals surface area contributed by atoms with Crippen LogP contribution in [0.3, 0.4) is 0 Å². The number of carboxylic acids is 1. The highest BCUT2D eigenvalue weighted by molar-refractivity contribution is 6.30. The molecule has 0 bridgehead atoms. The number of fused-ring (bicyclic) bond motifs is 1. The lowest BCUT2D eigenvalue weighted by Gasteiger charge is -2.11. The monoisotopic (exact) mass is 360 g/mol. The van der Waals surface area contributed by atoms with Gasteiger partial charge in [-0.15, -0.1) is 0 Å². The molecule has 0 fully saturated rings. The first kappa shape index (κ1) is 17.4. The van der Waals surface area contributed by atoms with E-state index in [1.807, 2.05) is 11.5 Å². The average molecular weight is 361 g/mol. The molecule has 25 heavy (non-hydrogen) atoms. The maximum atomic E-state index is 14.0. The SMILES string of the molecule is Cc1c(-c2ccc(Cl)c(F)c2)c2ccc(C(=O)O)nc2n1CC(C)C. The second-order valence-corrected chi connectivity index (χ2v) is 6.87. The van der Waals surface area contributed by atoms with Crippen molar-refractivity contribution >= 4 is 28.6 Å². The van der Waals surface area contributed by atoms with Crippen LogP contribution in [0.2, 0.25) is 5.02 Å². The van der Waals surface area contributed by atoms with Gasteiger partial charge >= 0.3 is 5.97 Å². The van der Waals surface area contributed by atoms with Crippen molar-refractivity contribution in [3.63, 3.8) is 0 Å². The number of rotatable bonds is 4. The molecule has 0 aliphatic carbocycles. The van der Waals surface area contributed by atoms with Gasteiger partial charge in [-0.25, -0.2) is 14.2 Å². The zero-order valence-electron chi connectivity index (χ0n) is 14.2. The highest BCUT2D eigenvalue weighted by atomic mass is 35.5. The summed E-state index contributed by atoms with van der Waals surface area (Å²) in [7, 11) is 0. The highest BCUT2D eigenvalue weighted by Gasteiger charge is 2.20. The molecule has 2 heterocycles. The Kier molecular flexibility index (Phi) is 4.52. The Morgan fingerprint density at radius 1 is 1.32 bits per heavy atom. The number of aromatic nitrogens is 2. The number of hydrogen-bond acceptors (Lipinski definition) is 2. The summed E-state index contributed by atoms with van der Waals surface area (Å²) in [6.45, 7) is 6.78. The molecule has 4 nitrogen and oxygen atoms in total. The molecule has 0 saturated carbocycles. The first-order valence-electron chi connectivity index (χ1n) is 7.98. The molecule has 3 aromatic rings. The molecule has 1 N–H and O–H groups in total. The number of nitrogens with zero attached hydrogens (tertiary/aromatic N) is 2. The minimum Gasteiger partial charge on any atom is -0.477 e. The first-order chi connectivity index (χ1) is 11.8. The molecule has 0 atom stereocenters. The van der Waals surface area contributed by atoms with E-state index < -0.39 is 11.8 Å². The summed E-state index contributed by atoms with van der Waals surface area (Å²) in [4.78, 5) is 15.6. The van der Waals surface area contributed by atoms with Crippen molar-refractivity contribution in [2.45, 2.75) is 27.3 Å². The van der Waals surface area contributed by atoms with Crippen LogP contribution in [0.5, 0.6) is 0 Å². The van der Waals surface area contributed by atoms with Crippen molar-refractivity contribution in [1.29, 1.82) is 0 Å². The van der Waals surface area contributed by atoms with E-state index in [1.54, 1.807) is 12.1 Å². The molecule has 130 valence electrons. The minimum absolute atomic E-state index is 0.0103. The van der Waals surface area contributed by atoms with E-state index in [0.717, 1.165) is 16.6 Å². The van der Waals surface area contributed by atoms with Crippen molar-refractivity contribution in [2.24, 2.45) is 5.92 Å². The van der Waals surface area contributed by atoms with Gasteiger partial charge in [-0.2, -0.15) is 0 Å². The van der Waals surface area contributed by atoms with E-state index in [2.05, 4.69) is 18.8 Å². The molecule has 0 aliphatic rings. The quantitative estimate of drug-likeness (QED) is 0.699. The Hall–Kier alpha value is -2.40. The fourth-order valence-corrected chi connectivity index (χ4v) is 3.18. The lowest BCUT2D eigenvalue weighted by atomic mass is 10.0. The van der Waals surface area contributed by atoms with Crippen LogP contribution < -0.4 is 0 Å². The van der Waals surface area contributed by atoms with E-state index in [1.165, 1.54) is 18.2 Å². The number of carboxylic acid groups (broad SMARTS) is 1. The fourth-order valence-electron chi connectivity index (χ4n) is 3.06. The zero-order chi connectivity index (χ0) is 18.3. The van der Waals surface area contributed by atoms with Crippen molar-refractivity contribution in [1.82, 2.24) is 9.55 Å². The van der Waals surface area contributed by atoms with Crippen LogP contribution in [-0.4, -0.2) is 20.6 Å². The molecule has 0 unspecified atom stereocenters. The lowest BCUT2D eigenvalue weighted by molar-refractivity contribution is 0.0691. The van der Waals surface area contributed by atoms with Crippen LogP contribution in [0.4, 0.5) is 4.39 Å². The number of hydrogen-bond donors (Lipinski definition) is 1. The van der Waals surface area contributed by atoms with Crippen molar-refractivity contribution in [3.8, 4) is 11.1 Å². The predicted molar refractivity (Wildman–Crippen MR) is 96.7 cm³/mol. The number of halogens is 2. The molecule has 0 aliphatic heterocycles. The molecule has 0 spiro atoms. The molecule has 0 amide bonds. The van der Waals surface area contributed by atoms with E-state index >= 15 is 0 Å². The predicted octanol–water partition coefficient (Wildman–Crippen LogP) is 5.16. The topological polar surface area (TPSA) is 55.1 Å². The third kappa shape index (κ3) is 3.12. The van der Waals surface area contributed by atoms with Crippen molar-refractivity contribution in [2.75, 3.05) is 0 Å². The van der Waals surface area contributed by atoms with Gasteiger partial charge in [0.1, 0.15) is 11.5 Å². The largest absolute Gasteiger partial charge is 0.477 e. The molecule has 0 saturated heterocycles. The first-order valence-corrected chi connectivity index (χ1v) is 8.36. The summed E-state index contributed by atoms with van der Waals surface area (Å²) in [5.41, 5.74) is 3.04. The number of carbonyl (C=O) groups is 1. The third-order valence-electron chi connectivity index (χ3n) is 4.14. The Morgan fingerprint density at radius 2 is 2.04 bits per heavy atom. The maximum absolute atomic E-state index is 14.0. The van der Waals surface area contributed by atoms with Gasteiger partial charge in [0.05, 0.1) is 5.02 Å². The van der Waals surface area contributed by atoms with Crippen LogP contribution in [-0.2, 0) is 6.54 Å². The van der Waals surface area contributed by atoms with Crippen molar-refractivity contribution < 1.29 is 14.3 Å². The normalized spacial score (nSPS) is 11.4. The molecule has 0 radical (unpaired) electrons. The van der Waals surface area contributed by atoms with Gasteiger partial charge in [0.15, 0.2) is 5.69 Å². The molecule has 2 aromatic heterocycles. The van der Waals surface area contributed by atoms with Crippen LogP contribution in [0, 0.1) is 18.7 Å². The second-order valence-electron chi connectivity index (χ2n) is 6.47. The average Bonchev–Trinajstić information content (AvgIpc) is 2.81. The number of benzene rings is 1. The zero-order valence-corrected chi connectivity index (χ0v) is 14.9. The lowest BCUT2D eigenvalue weighted by Crippen LogP contribution is -2.08. The molecule has 3 rings (SSSR count). The fraction of sp³-hybridized carbons (Fsp3) is 0.263. The summed E-state index contributed by atoms with van der Waals surface area (Å²) in [6, 6.07) is 7.89. The molecule has 6 heteroatoms. The van der Waals surface area contributed by atoms with Gasteiger partial charge in [-0.3, -0.25) is 0 Å². The van der Waals surface area contributed by atoms with Crippen LogP contribution in [0.25, 0.3) is 22.2 Å². The van der Waals surface area contributed by atoms with Crippen LogP contribution >= 0.6 is 11.6 Å². The molecule has 1 aromatic carbocycles. The van der Waals surface area contributed by atoms with E-state index in [9.17, 15) is 14.3 Å². The molecular weight excluding hydrogens is 343 g/mol. The second kappa shape index (κ2) is 6.48. The Morgan fingerprint density at radius 3 is 2.64 bits per heavy atom.